The first-order valence-electron chi connectivity index (χ1n) is 13.4. The number of H-pyrrole nitrogens is 1. The van der Waals surface area contributed by atoms with Crippen molar-refractivity contribution in [1.29, 1.82) is 0 Å². The van der Waals surface area contributed by atoms with Crippen molar-refractivity contribution in [2.75, 3.05) is 7.11 Å². The van der Waals surface area contributed by atoms with Gasteiger partial charge in [-0.1, -0.05) is 31.0 Å². The molecule has 2 heterocycles. The van der Waals surface area contributed by atoms with Crippen LogP contribution >= 0.6 is 0 Å². The van der Waals surface area contributed by atoms with Gasteiger partial charge in [-0.05, 0) is 68.1 Å². The number of amides is 2. The fourth-order valence-corrected chi connectivity index (χ4v) is 4.82. The highest BCUT2D eigenvalue weighted by Gasteiger charge is 2.22. The van der Waals surface area contributed by atoms with Crippen LogP contribution in [0.15, 0.2) is 54.7 Å². The van der Waals surface area contributed by atoms with Gasteiger partial charge < -0.3 is 25.1 Å². The molecule has 1 atom stereocenters. The number of fused-ring (bicyclic) bond motifs is 2. The van der Waals surface area contributed by atoms with Crippen molar-refractivity contribution in [2.24, 2.45) is 0 Å². The zero-order chi connectivity index (χ0) is 27.8. The lowest BCUT2D eigenvalue weighted by Gasteiger charge is -2.19. The largest absolute Gasteiger partial charge is 0.497 e. The molecule has 2 aromatic carbocycles. The number of rotatable bonds is 13. The summed E-state index contributed by atoms with van der Waals surface area (Å²) in [6.07, 6.45) is 5.24. The van der Waals surface area contributed by atoms with Gasteiger partial charge in [-0.2, -0.15) is 0 Å². The minimum atomic E-state index is -0.678. The topological polar surface area (TPSA) is 113 Å². The zero-order valence-electron chi connectivity index (χ0n) is 22.8. The minimum absolute atomic E-state index is 0.141. The maximum absolute atomic E-state index is 13.2. The molecule has 4 aromatic rings. The number of para-hydroxylation sites is 1. The minimum Gasteiger partial charge on any atom is -0.497 e. The quantitative estimate of drug-likeness (QED) is 0.213. The maximum Gasteiger partial charge on any atom is 0.242 e. The van der Waals surface area contributed by atoms with Crippen molar-refractivity contribution in [3.05, 3.63) is 71.5 Å². The normalized spacial score (nSPS) is 11.9. The molecule has 8 heteroatoms. The highest BCUT2D eigenvalue weighted by molar-refractivity contribution is 5.93. The molecule has 0 saturated heterocycles. The smallest absolute Gasteiger partial charge is 0.242 e. The highest BCUT2D eigenvalue weighted by Crippen LogP contribution is 2.27. The van der Waals surface area contributed by atoms with Crippen LogP contribution < -0.4 is 15.4 Å². The molecule has 2 aromatic heterocycles. The molecule has 2 amide bonds. The third-order valence-electron chi connectivity index (χ3n) is 6.95. The molecule has 0 aliphatic rings. The maximum atomic E-state index is 13.2. The average molecular weight is 529 g/mol. The summed E-state index contributed by atoms with van der Waals surface area (Å²) in [6.45, 7) is 3.83. The Morgan fingerprint density at radius 2 is 1.87 bits per heavy atom. The number of aryl methyl sites for hydroxylation is 1. The number of nitrogens with one attached hydrogen (secondary N) is 3. The van der Waals surface area contributed by atoms with Crippen LogP contribution in [-0.4, -0.2) is 40.7 Å². The number of ether oxygens (including phenoxy) is 1. The van der Waals surface area contributed by atoms with E-state index in [1.54, 1.807) is 20.2 Å². The molecule has 204 valence electrons. The summed E-state index contributed by atoms with van der Waals surface area (Å²) in [5, 5.41) is 7.87. The van der Waals surface area contributed by atoms with E-state index >= 15 is 0 Å². The summed E-state index contributed by atoms with van der Waals surface area (Å²) in [7, 11) is 1.61. The van der Waals surface area contributed by atoms with Crippen LogP contribution in [0.25, 0.3) is 21.8 Å². The third-order valence-corrected chi connectivity index (χ3v) is 6.95. The summed E-state index contributed by atoms with van der Waals surface area (Å²) in [5.41, 5.74) is 4.50. The summed E-state index contributed by atoms with van der Waals surface area (Å²) in [4.78, 5) is 45.5. The van der Waals surface area contributed by atoms with Crippen LogP contribution in [0.5, 0.6) is 5.75 Å². The Morgan fingerprint density at radius 1 is 1.05 bits per heavy atom. The van der Waals surface area contributed by atoms with Crippen LogP contribution in [0.3, 0.4) is 0 Å². The Balaban J connectivity index is 1.43. The number of hydrogen-bond donors (Lipinski definition) is 3. The van der Waals surface area contributed by atoms with Crippen molar-refractivity contribution < 1.29 is 19.1 Å². The number of unbranched alkanes of at least 4 members (excludes halogenated alkanes) is 2. The third kappa shape index (κ3) is 7.44. The highest BCUT2D eigenvalue weighted by atomic mass is 16.5. The Labute approximate surface area is 228 Å². The van der Waals surface area contributed by atoms with Crippen LogP contribution in [0, 0.1) is 6.92 Å². The van der Waals surface area contributed by atoms with Crippen LogP contribution in [-0.2, 0) is 27.3 Å². The second kappa shape index (κ2) is 13.0. The number of ketones is 1. The van der Waals surface area contributed by atoms with E-state index in [9.17, 15) is 14.4 Å². The van der Waals surface area contributed by atoms with Crippen molar-refractivity contribution in [3.8, 4) is 5.75 Å². The number of hydrogen-bond acceptors (Lipinski definition) is 5. The van der Waals surface area contributed by atoms with Gasteiger partial charge in [0.25, 0.3) is 0 Å². The van der Waals surface area contributed by atoms with E-state index in [1.807, 2.05) is 55.5 Å². The van der Waals surface area contributed by atoms with Gasteiger partial charge >= 0.3 is 0 Å². The molecule has 0 radical (unpaired) electrons. The van der Waals surface area contributed by atoms with Gasteiger partial charge in [0.15, 0.2) is 0 Å². The van der Waals surface area contributed by atoms with Crippen LogP contribution in [0.2, 0.25) is 0 Å². The number of pyridine rings is 1. The SMILES string of the molecule is COc1ccc2[nH]c(C)c(CC(=O)N[C@@H](CCCCCC(C)=O)C(=O)NCc3cnc4ccccc4c3)c2c1. The van der Waals surface area contributed by atoms with E-state index in [0.29, 0.717) is 25.1 Å². The molecule has 0 unspecified atom stereocenters. The van der Waals surface area contributed by atoms with Gasteiger partial charge in [-0.15, -0.1) is 0 Å². The molecule has 0 aliphatic heterocycles. The van der Waals surface area contributed by atoms with Gasteiger partial charge in [0.1, 0.15) is 17.6 Å². The van der Waals surface area contributed by atoms with Gasteiger partial charge in [0.05, 0.1) is 19.0 Å². The molecule has 3 N–H and O–H groups in total. The predicted octanol–water partition coefficient (Wildman–Crippen LogP) is 4.92. The van der Waals surface area contributed by atoms with E-state index in [1.165, 1.54) is 0 Å². The number of carbonyl (C=O) groups is 3. The number of nitrogens with zero attached hydrogens (tertiary/aromatic N) is 1. The number of carbonyl (C=O) groups excluding carboxylic acids is 3. The summed E-state index contributed by atoms with van der Waals surface area (Å²) in [6, 6.07) is 14.9. The molecule has 39 heavy (non-hydrogen) atoms. The molecule has 0 fully saturated rings. The Hall–Kier alpha value is -4.20. The average Bonchev–Trinajstić information content (AvgIpc) is 3.24. The first-order valence-corrected chi connectivity index (χ1v) is 13.4. The summed E-state index contributed by atoms with van der Waals surface area (Å²) >= 11 is 0. The van der Waals surface area contributed by atoms with Crippen molar-refractivity contribution >= 4 is 39.4 Å². The van der Waals surface area contributed by atoms with E-state index in [-0.39, 0.29) is 24.0 Å². The zero-order valence-corrected chi connectivity index (χ0v) is 22.8. The van der Waals surface area contributed by atoms with Gasteiger partial charge in [0.2, 0.25) is 11.8 Å². The lowest BCUT2D eigenvalue weighted by molar-refractivity contribution is -0.129. The predicted molar refractivity (Wildman–Crippen MR) is 153 cm³/mol. The van der Waals surface area contributed by atoms with E-state index in [4.69, 9.17) is 4.74 Å². The van der Waals surface area contributed by atoms with Gasteiger partial charge in [-0.3, -0.25) is 14.6 Å². The Morgan fingerprint density at radius 3 is 2.67 bits per heavy atom. The molecule has 0 bridgehead atoms. The number of benzene rings is 2. The van der Waals surface area contributed by atoms with Crippen molar-refractivity contribution in [2.45, 2.75) is 65.0 Å². The van der Waals surface area contributed by atoms with Crippen LogP contribution in [0.4, 0.5) is 0 Å². The van der Waals surface area contributed by atoms with E-state index in [2.05, 4.69) is 20.6 Å². The molecule has 0 aliphatic carbocycles. The molecular weight excluding hydrogens is 492 g/mol. The molecule has 0 saturated carbocycles. The van der Waals surface area contributed by atoms with Gasteiger partial charge in [-0.25, -0.2) is 0 Å². The Kier molecular flexibility index (Phi) is 9.31. The lowest BCUT2D eigenvalue weighted by atomic mass is 10.0. The first kappa shape index (κ1) is 27.8. The summed E-state index contributed by atoms with van der Waals surface area (Å²) in [5.74, 6) is 0.417. The van der Waals surface area contributed by atoms with Gasteiger partial charge in [0, 0.05) is 41.1 Å². The van der Waals surface area contributed by atoms with E-state index < -0.39 is 6.04 Å². The fourth-order valence-electron chi connectivity index (χ4n) is 4.82. The monoisotopic (exact) mass is 528 g/mol. The number of Topliss-reactive ketones (excluding diaryl/α,β-unsaturated/α-hetero) is 1. The van der Waals surface area contributed by atoms with E-state index in [0.717, 1.165) is 57.9 Å². The number of methoxy groups -OCH3 is 1. The number of aromatic amines is 1. The molecule has 0 spiro atoms. The standard InChI is InChI=1S/C31H36N4O4/c1-20(36)9-5-4-6-12-29(31(38)33-19-22-15-23-10-7-8-11-27(23)32-18-22)35-30(37)17-25-21(2)34-28-14-13-24(39-3)16-26(25)28/h7-8,10-11,13-16,18,29,34H,4-6,9,12,17,19H2,1-3H3,(H,33,38)(H,35,37)/t29-/m0/s1. The first-order chi connectivity index (χ1) is 18.8. The molecular formula is C31H36N4O4. The second-order valence-corrected chi connectivity index (χ2v) is 9.99. The summed E-state index contributed by atoms with van der Waals surface area (Å²) < 4.78 is 5.36. The van der Waals surface area contributed by atoms with Crippen molar-refractivity contribution in [1.82, 2.24) is 20.6 Å². The lowest BCUT2D eigenvalue weighted by Crippen LogP contribution is -2.47. The van der Waals surface area contributed by atoms with Crippen LogP contribution in [0.1, 0.15) is 55.8 Å². The molecule has 4 rings (SSSR count). The second-order valence-electron chi connectivity index (χ2n) is 9.99. The van der Waals surface area contributed by atoms with Crippen molar-refractivity contribution in [3.63, 3.8) is 0 Å². The fraction of sp³-hybridized carbons (Fsp3) is 0.355. The molecule has 8 nitrogen and oxygen atoms in total. The number of aromatic nitrogens is 2. The Bertz CT molecular complexity index is 1480.